The molecule has 0 saturated heterocycles. The minimum Gasteiger partial charge on any atom is -0.491 e. The molecular weight excluding hydrogens is 466 g/mol. The van der Waals surface area contributed by atoms with Gasteiger partial charge in [-0.25, -0.2) is 0 Å². The van der Waals surface area contributed by atoms with Crippen molar-refractivity contribution in [1.82, 2.24) is 15.3 Å². The minimum atomic E-state index is -0.756. The van der Waals surface area contributed by atoms with E-state index in [1.165, 1.54) is 16.7 Å². The highest BCUT2D eigenvalue weighted by Crippen LogP contribution is 2.36. The Bertz CT molecular complexity index is 1320. The number of rotatable bonds is 5. The lowest BCUT2D eigenvalue weighted by Crippen LogP contribution is -2.37. The van der Waals surface area contributed by atoms with E-state index >= 15 is 0 Å². The summed E-state index contributed by atoms with van der Waals surface area (Å²) in [5.74, 6) is 0.456. The van der Waals surface area contributed by atoms with Crippen molar-refractivity contribution < 1.29 is 9.53 Å². The normalized spacial score (nSPS) is 19.0. The second kappa shape index (κ2) is 10.3. The van der Waals surface area contributed by atoms with Gasteiger partial charge in [0.15, 0.2) is 0 Å². The molecule has 2 heterocycles. The number of nitrogens with zero attached hydrogens (tertiary/aromatic N) is 2. The van der Waals surface area contributed by atoms with Gasteiger partial charge in [-0.1, -0.05) is 31.5 Å². The fourth-order valence-electron chi connectivity index (χ4n) is 4.31. The van der Waals surface area contributed by atoms with Gasteiger partial charge in [0.2, 0.25) is 5.91 Å². The number of hydrogen-bond donors (Lipinski definition) is 3. The monoisotopic (exact) mass is 493 g/mol. The molecule has 8 nitrogen and oxygen atoms in total. The lowest BCUT2D eigenvalue weighted by Gasteiger charge is -2.25. The first-order chi connectivity index (χ1) is 16.8. The van der Waals surface area contributed by atoms with Gasteiger partial charge >= 0.3 is 0 Å². The molecule has 2 unspecified atom stereocenters. The molecule has 0 fully saturated rings. The summed E-state index contributed by atoms with van der Waals surface area (Å²) in [4.78, 5) is 26.4. The second-order valence-electron chi connectivity index (χ2n) is 8.70. The smallest absolute Gasteiger partial charge is 0.252 e. The number of amides is 1. The lowest BCUT2D eigenvalue weighted by molar-refractivity contribution is -0.123. The van der Waals surface area contributed by atoms with Gasteiger partial charge in [0.25, 0.3) is 5.56 Å². The van der Waals surface area contributed by atoms with Gasteiger partial charge in [0, 0.05) is 29.4 Å². The van der Waals surface area contributed by atoms with Crippen LogP contribution in [0.15, 0.2) is 64.3 Å². The average Bonchev–Trinajstić information content (AvgIpc) is 2.81. The molecule has 1 aromatic heterocycles. The van der Waals surface area contributed by atoms with Crippen LogP contribution in [0.5, 0.6) is 5.75 Å². The Balaban J connectivity index is 1.67. The summed E-state index contributed by atoms with van der Waals surface area (Å²) in [5.41, 5.74) is 6.08. The fourth-order valence-corrected chi connectivity index (χ4v) is 4.48. The van der Waals surface area contributed by atoms with Crippen LogP contribution in [0.3, 0.4) is 0 Å². The first-order valence-electron chi connectivity index (χ1n) is 11.5. The predicted octanol–water partition coefficient (Wildman–Crippen LogP) is 3.86. The van der Waals surface area contributed by atoms with E-state index in [0.717, 1.165) is 17.5 Å². The van der Waals surface area contributed by atoms with Gasteiger partial charge in [0.05, 0.1) is 18.5 Å². The van der Waals surface area contributed by atoms with Crippen LogP contribution in [0.25, 0.3) is 11.1 Å². The highest BCUT2D eigenvalue weighted by atomic mass is 35.5. The molecule has 2 atom stereocenters. The first-order valence-corrected chi connectivity index (χ1v) is 11.9. The van der Waals surface area contributed by atoms with E-state index < -0.39 is 6.04 Å². The van der Waals surface area contributed by atoms with Crippen LogP contribution >= 0.6 is 11.6 Å². The van der Waals surface area contributed by atoms with E-state index in [1.807, 2.05) is 25.1 Å². The van der Waals surface area contributed by atoms with Gasteiger partial charge in [-0.15, -0.1) is 0 Å². The summed E-state index contributed by atoms with van der Waals surface area (Å²) in [6.45, 7) is 4.44. The summed E-state index contributed by atoms with van der Waals surface area (Å²) in [7, 11) is 1.65. The highest BCUT2D eigenvalue weighted by Gasteiger charge is 2.25. The third kappa shape index (κ3) is 5.22. The number of benzene rings is 1. The van der Waals surface area contributed by atoms with E-state index in [-0.39, 0.29) is 23.1 Å². The average molecular weight is 494 g/mol. The summed E-state index contributed by atoms with van der Waals surface area (Å²) in [5, 5.41) is 15.5. The topological polar surface area (TPSA) is 109 Å². The number of allylic oxidation sites excluding steroid dienone is 3. The van der Waals surface area contributed by atoms with E-state index in [9.17, 15) is 9.59 Å². The Morgan fingerprint density at radius 1 is 1.31 bits per heavy atom. The molecular formula is C26H28ClN5O3. The molecule has 182 valence electrons. The molecule has 1 aliphatic heterocycles. The molecule has 0 radical (unpaired) electrons. The van der Waals surface area contributed by atoms with Crippen molar-refractivity contribution in [1.29, 1.82) is 5.41 Å². The minimum absolute atomic E-state index is 0.170. The summed E-state index contributed by atoms with van der Waals surface area (Å²) in [6, 6.07) is 6.47. The summed E-state index contributed by atoms with van der Waals surface area (Å²) < 4.78 is 7.52. The van der Waals surface area contributed by atoms with E-state index in [0.29, 0.717) is 40.8 Å². The maximum Gasteiger partial charge on any atom is 0.252 e. The van der Waals surface area contributed by atoms with Crippen LogP contribution in [-0.2, 0) is 11.2 Å². The van der Waals surface area contributed by atoms with Gasteiger partial charge in [-0.2, -0.15) is 5.10 Å². The highest BCUT2D eigenvalue weighted by molar-refractivity contribution is 6.50. The van der Waals surface area contributed by atoms with Crippen molar-refractivity contribution in [2.24, 2.45) is 11.0 Å². The molecule has 0 spiro atoms. The van der Waals surface area contributed by atoms with Crippen molar-refractivity contribution in [3.8, 4) is 16.9 Å². The van der Waals surface area contributed by atoms with Crippen molar-refractivity contribution >= 4 is 28.9 Å². The zero-order valence-corrected chi connectivity index (χ0v) is 20.6. The molecule has 1 amide bonds. The Kier molecular flexibility index (Phi) is 7.21. The lowest BCUT2D eigenvalue weighted by atomic mass is 9.92. The second-order valence-corrected chi connectivity index (χ2v) is 9.14. The van der Waals surface area contributed by atoms with Crippen molar-refractivity contribution in [3.63, 3.8) is 0 Å². The molecule has 35 heavy (non-hydrogen) atoms. The molecule has 1 aliphatic carbocycles. The van der Waals surface area contributed by atoms with E-state index in [1.54, 1.807) is 25.4 Å². The standard InChI is InChI=1S/C26H28ClN5O3/c1-4-23(26(34)30-18-7-8-22(31-29-3)21(28)11-18)32-13-24-20(12-25(32)33)19-10-17(27)6-5-16(19)9-15(2)14-35-24/h5-8,10-13,15,23,28-29H,4,9,14H2,1-3H3,(H,30,34)/b28-21?,31-22-. The van der Waals surface area contributed by atoms with Gasteiger partial charge in [0.1, 0.15) is 17.5 Å². The van der Waals surface area contributed by atoms with Crippen LogP contribution < -0.4 is 21.0 Å². The number of carbonyl (C=O) groups is 1. The number of ether oxygens (including phenoxy) is 1. The number of fused-ring (bicyclic) bond motifs is 3. The predicted molar refractivity (Wildman–Crippen MR) is 138 cm³/mol. The maximum absolute atomic E-state index is 13.2. The first kappa shape index (κ1) is 24.5. The molecule has 1 aromatic carbocycles. The number of hydrazone groups is 1. The van der Waals surface area contributed by atoms with Crippen LogP contribution in [0, 0.1) is 11.3 Å². The number of aromatic nitrogens is 1. The van der Waals surface area contributed by atoms with Crippen molar-refractivity contribution in [3.05, 3.63) is 75.3 Å². The molecule has 3 N–H and O–H groups in total. The molecule has 0 bridgehead atoms. The Morgan fingerprint density at radius 3 is 2.83 bits per heavy atom. The SMILES string of the molecule is CCC(C(=O)NC1=CC(=N)/C(=N\NC)C=C1)n1cc2c(cc1=O)-c1cc(Cl)ccc1CC(C)CO2. The van der Waals surface area contributed by atoms with Gasteiger partial charge in [-0.05, 0) is 60.2 Å². The van der Waals surface area contributed by atoms with E-state index in [4.69, 9.17) is 21.7 Å². The van der Waals surface area contributed by atoms with Crippen LogP contribution in [0.2, 0.25) is 5.02 Å². The zero-order chi connectivity index (χ0) is 25.1. The third-order valence-electron chi connectivity index (χ3n) is 6.02. The third-order valence-corrected chi connectivity index (χ3v) is 6.25. The van der Waals surface area contributed by atoms with E-state index in [2.05, 4.69) is 22.8 Å². The van der Waals surface area contributed by atoms with Gasteiger partial charge < -0.3 is 15.5 Å². The Labute approximate surface area is 208 Å². The molecule has 2 aromatic rings. The zero-order valence-electron chi connectivity index (χ0n) is 19.9. The Hall–Kier alpha value is -3.65. The Morgan fingerprint density at radius 2 is 2.11 bits per heavy atom. The fraction of sp³-hybridized carbons (Fsp3) is 0.308. The number of halogens is 1. The summed E-state index contributed by atoms with van der Waals surface area (Å²) >= 11 is 6.27. The summed E-state index contributed by atoms with van der Waals surface area (Å²) in [6.07, 6.45) is 7.67. The van der Waals surface area contributed by atoms with Crippen molar-refractivity contribution in [2.75, 3.05) is 13.7 Å². The maximum atomic E-state index is 13.2. The van der Waals surface area contributed by atoms with Crippen LogP contribution in [0.4, 0.5) is 0 Å². The molecule has 2 aliphatic rings. The quantitative estimate of drug-likeness (QED) is 0.434. The van der Waals surface area contributed by atoms with Crippen LogP contribution in [0.1, 0.15) is 31.9 Å². The molecule has 4 rings (SSSR count). The number of carbonyl (C=O) groups excluding carboxylic acids is 1. The number of nitrogens with one attached hydrogen (secondary N) is 3. The molecule has 9 heteroatoms. The number of hydrogen-bond acceptors (Lipinski definition) is 6. The largest absolute Gasteiger partial charge is 0.491 e. The van der Waals surface area contributed by atoms with Gasteiger partial charge in [-0.3, -0.25) is 19.6 Å². The van der Waals surface area contributed by atoms with Crippen LogP contribution in [-0.4, -0.2) is 35.6 Å². The molecule has 0 saturated carbocycles. The number of pyridine rings is 1. The van der Waals surface area contributed by atoms with Crippen molar-refractivity contribution in [2.45, 2.75) is 32.7 Å².